The molecule has 0 saturated heterocycles. The van der Waals surface area contributed by atoms with Gasteiger partial charge in [0.05, 0.1) is 7.11 Å². The molecule has 2 nitrogen and oxygen atoms in total. The molecule has 0 bridgehead atoms. The Morgan fingerprint density at radius 3 is 2.69 bits per heavy atom. The molecule has 1 aromatic rings. The molecule has 1 N–H and O–H groups in total. The van der Waals surface area contributed by atoms with Gasteiger partial charge in [0.2, 0.25) is 0 Å². The lowest BCUT2D eigenvalue weighted by atomic mass is 10.1. The molecule has 72 valence electrons. The fourth-order valence-electron chi connectivity index (χ4n) is 1.25. The lowest BCUT2D eigenvalue weighted by Crippen LogP contribution is -2.09. The Morgan fingerprint density at radius 1 is 1.46 bits per heavy atom. The molecular formula is C10H14FNO. The highest BCUT2D eigenvalue weighted by Gasteiger charge is 2.10. The zero-order valence-corrected chi connectivity index (χ0v) is 8.15. The largest absolute Gasteiger partial charge is 0.496 e. The Hall–Kier alpha value is -1.09. The summed E-state index contributed by atoms with van der Waals surface area (Å²) in [6.45, 7) is 2.23. The van der Waals surface area contributed by atoms with Gasteiger partial charge in [0.15, 0.2) is 0 Å². The Balaban J connectivity index is 3.15. The van der Waals surface area contributed by atoms with Crippen LogP contribution in [0.3, 0.4) is 0 Å². The summed E-state index contributed by atoms with van der Waals surface area (Å²) in [5.74, 6) is 0.408. The van der Waals surface area contributed by atoms with E-state index in [1.54, 1.807) is 33.2 Å². The van der Waals surface area contributed by atoms with E-state index in [9.17, 15) is 4.39 Å². The molecule has 0 aliphatic carbocycles. The van der Waals surface area contributed by atoms with Crippen LogP contribution in [0.25, 0.3) is 0 Å². The molecular weight excluding hydrogens is 169 g/mol. The standard InChI is InChI=1S/C10H14FNO/c1-7-4-5-9(13-3)8(6-12-2)10(7)11/h4-5,12H,6H2,1-3H3. The summed E-state index contributed by atoms with van der Waals surface area (Å²) in [7, 11) is 3.32. The van der Waals surface area contributed by atoms with E-state index in [-0.39, 0.29) is 5.82 Å². The minimum absolute atomic E-state index is 0.186. The van der Waals surface area contributed by atoms with Crippen LogP contribution in [-0.4, -0.2) is 14.2 Å². The van der Waals surface area contributed by atoms with Crippen LogP contribution in [0.4, 0.5) is 4.39 Å². The molecule has 13 heavy (non-hydrogen) atoms. The molecule has 1 aromatic carbocycles. The highest BCUT2D eigenvalue weighted by Crippen LogP contribution is 2.23. The van der Waals surface area contributed by atoms with Crippen LogP contribution in [0.2, 0.25) is 0 Å². The van der Waals surface area contributed by atoms with Crippen molar-refractivity contribution in [3.05, 3.63) is 29.1 Å². The Bertz CT molecular complexity index is 299. The molecule has 0 atom stereocenters. The number of hydrogen-bond donors (Lipinski definition) is 1. The number of ether oxygens (including phenoxy) is 1. The number of nitrogens with one attached hydrogen (secondary N) is 1. The summed E-state index contributed by atoms with van der Waals surface area (Å²) >= 11 is 0. The average Bonchev–Trinajstić information content (AvgIpc) is 2.14. The van der Waals surface area contributed by atoms with Gasteiger partial charge in [-0.15, -0.1) is 0 Å². The molecule has 0 aromatic heterocycles. The quantitative estimate of drug-likeness (QED) is 0.772. The van der Waals surface area contributed by atoms with Gasteiger partial charge in [-0.05, 0) is 25.6 Å². The van der Waals surface area contributed by atoms with Crippen molar-refractivity contribution >= 4 is 0 Å². The van der Waals surface area contributed by atoms with Crippen LogP contribution in [0.5, 0.6) is 5.75 Å². The third-order valence-corrected chi connectivity index (χ3v) is 1.97. The van der Waals surface area contributed by atoms with Gasteiger partial charge in [-0.2, -0.15) is 0 Å². The SMILES string of the molecule is CNCc1c(OC)ccc(C)c1F. The zero-order chi connectivity index (χ0) is 9.84. The minimum Gasteiger partial charge on any atom is -0.496 e. The summed E-state index contributed by atoms with van der Waals surface area (Å²) < 4.78 is 18.6. The van der Waals surface area contributed by atoms with Crippen LogP contribution in [0.15, 0.2) is 12.1 Å². The van der Waals surface area contributed by atoms with Crippen LogP contribution < -0.4 is 10.1 Å². The topological polar surface area (TPSA) is 21.3 Å². The van der Waals surface area contributed by atoms with Gasteiger partial charge < -0.3 is 10.1 Å². The van der Waals surface area contributed by atoms with Gasteiger partial charge in [-0.25, -0.2) is 4.39 Å². The van der Waals surface area contributed by atoms with Gasteiger partial charge in [0.25, 0.3) is 0 Å². The molecule has 0 spiro atoms. The van der Waals surface area contributed by atoms with Crippen molar-refractivity contribution in [3.63, 3.8) is 0 Å². The normalized spacial score (nSPS) is 10.2. The molecule has 0 aliphatic rings. The summed E-state index contributed by atoms with van der Waals surface area (Å²) in [4.78, 5) is 0. The number of methoxy groups -OCH3 is 1. The maximum atomic E-state index is 13.5. The van der Waals surface area contributed by atoms with Crippen molar-refractivity contribution in [2.24, 2.45) is 0 Å². The fourth-order valence-corrected chi connectivity index (χ4v) is 1.25. The fraction of sp³-hybridized carbons (Fsp3) is 0.400. The third kappa shape index (κ3) is 1.98. The van der Waals surface area contributed by atoms with E-state index in [1.807, 2.05) is 0 Å². The first kappa shape index (κ1) is 9.99. The van der Waals surface area contributed by atoms with E-state index in [0.717, 1.165) is 0 Å². The summed E-state index contributed by atoms with van der Waals surface area (Å²) in [6, 6.07) is 3.50. The molecule has 1 rings (SSSR count). The van der Waals surface area contributed by atoms with E-state index >= 15 is 0 Å². The monoisotopic (exact) mass is 183 g/mol. The van der Waals surface area contributed by atoms with Crippen molar-refractivity contribution in [1.82, 2.24) is 5.32 Å². The van der Waals surface area contributed by atoms with Gasteiger partial charge in [0.1, 0.15) is 11.6 Å². The third-order valence-electron chi connectivity index (χ3n) is 1.97. The molecule has 0 fully saturated rings. The second-order valence-corrected chi connectivity index (χ2v) is 2.91. The van der Waals surface area contributed by atoms with Crippen molar-refractivity contribution in [2.75, 3.05) is 14.2 Å². The maximum absolute atomic E-state index is 13.5. The van der Waals surface area contributed by atoms with E-state index in [1.165, 1.54) is 0 Å². The minimum atomic E-state index is -0.186. The maximum Gasteiger partial charge on any atom is 0.134 e. The van der Waals surface area contributed by atoms with Crippen molar-refractivity contribution in [3.8, 4) is 5.75 Å². The highest BCUT2D eigenvalue weighted by molar-refractivity contribution is 5.38. The smallest absolute Gasteiger partial charge is 0.134 e. The van der Waals surface area contributed by atoms with E-state index in [4.69, 9.17) is 4.74 Å². The van der Waals surface area contributed by atoms with Gasteiger partial charge >= 0.3 is 0 Å². The molecule has 0 saturated carbocycles. The Kier molecular flexibility index (Phi) is 3.25. The first-order valence-electron chi connectivity index (χ1n) is 4.17. The molecule has 0 radical (unpaired) electrons. The van der Waals surface area contributed by atoms with Crippen LogP contribution in [0, 0.1) is 12.7 Å². The second kappa shape index (κ2) is 4.23. The van der Waals surface area contributed by atoms with Crippen LogP contribution >= 0.6 is 0 Å². The zero-order valence-electron chi connectivity index (χ0n) is 8.15. The predicted octanol–water partition coefficient (Wildman–Crippen LogP) is 1.86. The van der Waals surface area contributed by atoms with E-state index in [0.29, 0.717) is 23.4 Å². The number of halogens is 1. The average molecular weight is 183 g/mol. The number of aryl methyl sites for hydroxylation is 1. The summed E-state index contributed by atoms with van der Waals surface area (Å²) in [5.41, 5.74) is 1.23. The van der Waals surface area contributed by atoms with Crippen LogP contribution in [-0.2, 0) is 6.54 Å². The Morgan fingerprint density at radius 2 is 2.15 bits per heavy atom. The summed E-state index contributed by atoms with van der Waals surface area (Å²) in [5, 5.41) is 2.91. The molecule has 0 aliphatic heterocycles. The van der Waals surface area contributed by atoms with E-state index in [2.05, 4.69) is 5.32 Å². The first-order chi connectivity index (χ1) is 6.20. The molecule has 3 heteroatoms. The van der Waals surface area contributed by atoms with Gasteiger partial charge in [-0.3, -0.25) is 0 Å². The molecule has 0 unspecified atom stereocenters. The Labute approximate surface area is 77.7 Å². The number of hydrogen-bond acceptors (Lipinski definition) is 2. The van der Waals surface area contributed by atoms with Gasteiger partial charge in [-0.1, -0.05) is 6.07 Å². The second-order valence-electron chi connectivity index (χ2n) is 2.91. The van der Waals surface area contributed by atoms with Gasteiger partial charge in [0, 0.05) is 12.1 Å². The predicted molar refractivity (Wildman–Crippen MR) is 50.5 cm³/mol. The number of rotatable bonds is 3. The van der Waals surface area contributed by atoms with E-state index < -0.39 is 0 Å². The molecule has 0 amide bonds. The van der Waals surface area contributed by atoms with Crippen molar-refractivity contribution < 1.29 is 9.13 Å². The lowest BCUT2D eigenvalue weighted by molar-refractivity contribution is 0.402. The van der Waals surface area contributed by atoms with Crippen molar-refractivity contribution in [1.29, 1.82) is 0 Å². The summed E-state index contributed by atoms with van der Waals surface area (Å²) in [6.07, 6.45) is 0. The highest BCUT2D eigenvalue weighted by atomic mass is 19.1. The first-order valence-corrected chi connectivity index (χ1v) is 4.17. The van der Waals surface area contributed by atoms with Crippen LogP contribution in [0.1, 0.15) is 11.1 Å². The molecule has 0 heterocycles. The number of benzene rings is 1. The van der Waals surface area contributed by atoms with Crippen molar-refractivity contribution in [2.45, 2.75) is 13.5 Å². The lowest BCUT2D eigenvalue weighted by Gasteiger charge is -2.10.